The summed E-state index contributed by atoms with van der Waals surface area (Å²) in [5.41, 5.74) is 2.60. The quantitative estimate of drug-likeness (QED) is 0.550. The van der Waals surface area contributed by atoms with Crippen LogP contribution in [0, 0.1) is 0 Å². The minimum absolute atomic E-state index is 0.350. The van der Waals surface area contributed by atoms with Gasteiger partial charge in [-0.1, -0.05) is 43.0 Å². The van der Waals surface area contributed by atoms with Crippen LogP contribution in [0.1, 0.15) is 18.1 Å². The van der Waals surface area contributed by atoms with Gasteiger partial charge in [-0.3, -0.25) is 0 Å². The normalized spacial score (nSPS) is 11.2. The van der Waals surface area contributed by atoms with Gasteiger partial charge in [-0.05, 0) is 28.0 Å². The minimum Gasteiger partial charge on any atom is -0.354 e. The zero-order chi connectivity index (χ0) is 15.1. The van der Waals surface area contributed by atoms with Gasteiger partial charge in [0.2, 0.25) is 5.16 Å². The Morgan fingerprint density at radius 1 is 1.14 bits per heavy atom. The first-order valence-corrected chi connectivity index (χ1v) is 7.77. The number of nitrogens with zero attached hydrogens (tertiary/aromatic N) is 4. The van der Waals surface area contributed by atoms with Crippen molar-refractivity contribution in [1.29, 1.82) is 0 Å². The molecule has 2 rings (SSSR count). The van der Waals surface area contributed by atoms with Gasteiger partial charge >= 0.3 is 0 Å². The van der Waals surface area contributed by atoms with Crippen LogP contribution < -0.4 is 0 Å². The van der Waals surface area contributed by atoms with E-state index in [0.717, 1.165) is 17.3 Å². The van der Waals surface area contributed by atoms with Gasteiger partial charge in [-0.25, -0.2) is 4.68 Å². The molecule has 0 spiro atoms. The van der Waals surface area contributed by atoms with Crippen LogP contribution in [0.3, 0.4) is 0 Å². The zero-order valence-electron chi connectivity index (χ0n) is 12.5. The number of methoxy groups -OCH3 is 2. The third-order valence-corrected chi connectivity index (χ3v) is 4.17. The van der Waals surface area contributed by atoms with Crippen LogP contribution in [0.25, 0.3) is 0 Å². The Morgan fingerprint density at radius 3 is 2.43 bits per heavy atom. The molecule has 0 aliphatic rings. The number of hydrogen-bond acceptors (Lipinski definition) is 6. The number of tetrazole rings is 1. The van der Waals surface area contributed by atoms with Crippen molar-refractivity contribution in [1.82, 2.24) is 20.2 Å². The number of rotatable bonds is 8. The van der Waals surface area contributed by atoms with Crippen molar-refractivity contribution in [2.45, 2.75) is 37.1 Å². The molecule has 6 nitrogen and oxygen atoms in total. The lowest BCUT2D eigenvalue weighted by Gasteiger charge is -2.13. The fraction of sp³-hybridized carbons (Fsp3) is 0.500. The Kier molecular flexibility index (Phi) is 6.16. The smallest absolute Gasteiger partial charge is 0.209 e. The summed E-state index contributed by atoms with van der Waals surface area (Å²) in [6, 6.07) is 8.61. The Hall–Kier alpha value is -1.44. The highest BCUT2D eigenvalue weighted by Crippen LogP contribution is 2.20. The Bertz CT molecular complexity index is 540. The summed E-state index contributed by atoms with van der Waals surface area (Å²) >= 11 is 1.60. The lowest BCUT2D eigenvalue weighted by Crippen LogP contribution is -2.21. The first-order chi connectivity index (χ1) is 10.3. The molecule has 0 N–H and O–H groups in total. The minimum atomic E-state index is -0.350. The molecule has 0 saturated carbocycles. The highest BCUT2D eigenvalue weighted by atomic mass is 32.2. The molecule has 2 aromatic rings. The number of ether oxygens (including phenoxy) is 2. The van der Waals surface area contributed by atoms with Crippen molar-refractivity contribution in [3.05, 3.63) is 35.4 Å². The van der Waals surface area contributed by atoms with Crippen LogP contribution in [0.4, 0.5) is 0 Å². The summed E-state index contributed by atoms with van der Waals surface area (Å²) < 4.78 is 12.0. The van der Waals surface area contributed by atoms with Crippen LogP contribution >= 0.6 is 11.8 Å². The lowest BCUT2D eigenvalue weighted by atomic mass is 10.1. The van der Waals surface area contributed by atoms with Gasteiger partial charge in [0, 0.05) is 20.0 Å². The molecule has 0 amide bonds. The summed E-state index contributed by atoms with van der Waals surface area (Å²) in [4.78, 5) is 0. The summed E-state index contributed by atoms with van der Waals surface area (Å²) in [6.07, 6.45) is 0.706. The van der Waals surface area contributed by atoms with Crippen molar-refractivity contribution >= 4 is 11.8 Å². The largest absolute Gasteiger partial charge is 0.354 e. The van der Waals surface area contributed by atoms with Gasteiger partial charge in [-0.2, -0.15) is 0 Å². The molecule has 0 radical (unpaired) electrons. The number of benzene rings is 1. The fourth-order valence-corrected chi connectivity index (χ4v) is 2.66. The van der Waals surface area contributed by atoms with E-state index in [2.05, 4.69) is 46.7 Å². The van der Waals surface area contributed by atoms with E-state index in [4.69, 9.17) is 9.47 Å². The monoisotopic (exact) mass is 308 g/mol. The Morgan fingerprint density at radius 2 is 1.81 bits per heavy atom. The Labute approximate surface area is 128 Å². The topological polar surface area (TPSA) is 62.1 Å². The van der Waals surface area contributed by atoms with Crippen LogP contribution in [-0.2, 0) is 28.2 Å². The zero-order valence-corrected chi connectivity index (χ0v) is 13.3. The van der Waals surface area contributed by atoms with E-state index in [1.807, 2.05) is 0 Å². The van der Waals surface area contributed by atoms with Crippen molar-refractivity contribution in [3.63, 3.8) is 0 Å². The SMILES string of the molecule is CCc1ccc(CSc2nnnn2CC(OC)OC)cc1. The highest BCUT2D eigenvalue weighted by molar-refractivity contribution is 7.98. The third kappa shape index (κ3) is 4.52. The van der Waals surface area contributed by atoms with E-state index in [-0.39, 0.29) is 6.29 Å². The van der Waals surface area contributed by atoms with Crippen LogP contribution in [-0.4, -0.2) is 40.7 Å². The lowest BCUT2D eigenvalue weighted by molar-refractivity contribution is -0.113. The second-order valence-corrected chi connectivity index (χ2v) is 5.45. The van der Waals surface area contributed by atoms with Gasteiger partial charge in [-0.15, -0.1) is 5.10 Å². The average Bonchev–Trinajstić information content (AvgIpc) is 2.98. The van der Waals surface area contributed by atoms with Crippen LogP contribution in [0.5, 0.6) is 0 Å². The van der Waals surface area contributed by atoms with Gasteiger partial charge in [0.15, 0.2) is 6.29 Å². The highest BCUT2D eigenvalue weighted by Gasteiger charge is 2.13. The van der Waals surface area contributed by atoms with Crippen molar-refractivity contribution in [2.24, 2.45) is 0 Å². The fourth-order valence-electron chi connectivity index (χ4n) is 1.82. The van der Waals surface area contributed by atoms with E-state index >= 15 is 0 Å². The van der Waals surface area contributed by atoms with Crippen molar-refractivity contribution in [2.75, 3.05) is 14.2 Å². The number of aryl methyl sites for hydroxylation is 1. The molecular formula is C14H20N4O2S. The molecule has 0 saturated heterocycles. The standard InChI is InChI=1S/C14H20N4O2S/c1-4-11-5-7-12(8-6-11)10-21-14-15-16-17-18(14)9-13(19-2)20-3/h5-8,13H,4,9-10H2,1-3H3. The van der Waals surface area contributed by atoms with E-state index in [9.17, 15) is 0 Å². The summed E-state index contributed by atoms with van der Waals surface area (Å²) in [6.45, 7) is 2.62. The van der Waals surface area contributed by atoms with E-state index in [1.54, 1.807) is 30.7 Å². The molecular weight excluding hydrogens is 288 g/mol. The second kappa shape index (κ2) is 8.11. The summed E-state index contributed by atoms with van der Waals surface area (Å²) in [5, 5.41) is 12.5. The van der Waals surface area contributed by atoms with Gasteiger partial charge in [0.25, 0.3) is 0 Å². The summed E-state index contributed by atoms with van der Waals surface area (Å²) in [7, 11) is 3.20. The molecule has 0 bridgehead atoms. The van der Waals surface area contributed by atoms with Crippen molar-refractivity contribution in [3.8, 4) is 0 Å². The molecule has 0 aliphatic carbocycles. The Balaban J connectivity index is 1.95. The van der Waals surface area contributed by atoms with Gasteiger partial charge in [0.1, 0.15) is 0 Å². The molecule has 1 heterocycles. The van der Waals surface area contributed by atoms with Crippen LogP contribution in [0.2, 0.25) is 0 Å². The number of aromatic nitrogens is 4. The molecule has 1 aromatic carbocycles. The molecule has 114 valence electrons. The number of hydrogen-bond donors (Lipinski definition) is 0. The van der Waals surface area contributed by atoms with Gasteiger partial charge < -0.3 is 9.47 Å². The van der Waals surface area contributed by atoms with Crippen molar-refractivity contribution < 1.29 is 9.47 Å². The molecule has 7 heteroatoms. The second-order valence-electron chi connectivity index (χ2n) is 4.50. The molecule has 0 aliphatic heterocycles. The summed E-state index contributed by atoms with van der Waals surface area (Å²) in [5.74, 6) is 0.828. The van der Waals surface area contributed by atoms with E-state index in [1.165, 1.54) is 11.1 Å². The van der Waals surface area contributed by atoms with E-state index < -0.39 is 0 Å². The first kappa shape index (κ1) is 15.9. The molecule has 0 fully saturated rings. The molecule has 21 heavy (non-hydrogen) atoms. The molecule has 0 atom stereocenters. The molecule has 1 aromatic heterocycles. The van der Waals surface area contributed by atoms with E-state index in [0.29, 0.717) is 6.54 Å². The maximum atomic E-state index is 5.17. The predicted octanol–water partition coefficient (Wildman–Crippen LogP) is 2.15. The molecule has 0 unspecified atom stereocenters. The van der Waals surface area contributed by atoms with Gasteiger partial charge in [0.05, 0.1) is 6.54 Å². The predicted molar refractivity (Wildman–Crippen MR) is 81.0 cm³/mol. The number of thioether (sulfide) groups is 1. The maximum absolute atomic E-state index is 5.17. The first-order valence-electron chi connectivity index (χ1n) is 6.79. The third-order valence-electron chi connectivity index (χ3n) is 3.15. The maximum Gasteiger partial charge on any atom is 0.209 e. The van der Waals surface area contributed by atoms with Crippen LogP contribution in [0.15, 0.2) is 29.4 Å². The average molecular weight is 308 g/mol.